The Morgan fingerprint density at radius 1 is 1.58 bits per heavy atom. The second-order valence-corrected chi connectivity index (χ2v) is 4.01. The van der Waals surface area contributed by atoms with Crippen LogP contribution in [0.3, 0.4) is 0 Å². The van der Waals surface area contributed by atoms with E-state index in [1.54, 1.807) is 6.92 Å². The van der Waals surface area contributed by atoms with Crippen LogP contribution < -0.4 is 11.3 Å². The number of aromatic nitrogens is 1. The summed E-state index contributed by atoms with van der Waals surface area (Å²) in [5.74, 6) is -2.36. The number of nitrogens with zero attached hydrogens (tertiary/aromatic N) is 1. The van der Waals surface area contributed by atoms with Gasteiger partial charge in [0, 0.05) is 6.54 Å². The van der Waals surface area contributed by atoms with Gasteiger partial charge in [0.1, 0.15) is 10.7 Å². The molecular weight excluding hydrogens is 274 g/mol. The van der Waals surface area contributed by atoms with Crippen molar-refractivity contribution in [3.63, 3.8) is 0 Å². The molecule has 0 fully saturated rings. The van der Waals surface area contributed by atoms with E-state index in [4.69, 9.17) is 17.3 Å². The fraction of sp³-hybridized carbons (Fsp3) is 0.154. The van der Waals surface area contributed by atoms with E-state index in [2.05, 4.69) is 6.58 Å². The standard InChI is InChI=1S/C13H13ClF2N2O/c1-3-5-6-9(15)11(16)12-10(17)7-8(14)13(19)18(12)4-2/h3,5-7H,1,4,17H2,2H3/b6-5-,11-9+. The molecule has 0 radical (unpaired) electrons. The number of hydrogen-bond donors (Lipinski definition) is 1. The molecule has 1 aromatic heterocycles. The zero-order valence-corrected chi connectivity index (χ0v) is 11.0. The molecule has 0 saturated heterocycles. The van der Waals surface area contributed by atoms with E-state index < -0.39 is 17.2 Å². The SMILES string of the molecule is C=C/C=C\C(F)=C(/F)c1c(N)cc(Cl)c(=O)n1CC. The molecule has 2 N–H and O–H groups in total. The third-order valence-corrected chi connectivity index (χ3v) is 2.66. The summed E-state index contributed by atoms with van der Waals surface area (Å²) in [6, 6.07) is 1.11. The number of allylic oxidation sites excluding steroid dienone is 4. The van der Waals surface area contributed by atoms with Gasteiger partial charge in [-0.3, -0.25) is 4.79 Å². The molecule has 0 aromatic carbocycles. The summed E-state index contributed by atoms with van der Waals surface area (Å²) in [5, 5.41) is -0.141. The molecule has 19 heavy (non-hydrogen) atoms. The van der Waals surface area contributed by atoms with Crippen molar-refractivity contribution < 1.29 is 8.78 Å². The highest BCUT2D eigenvalue weighted by atomic mass is 35.5. The van der Waals surface area contributed by atoms with Crippen LogP contribution in [0, 0.1) is 0 Å². The van der Waals surface area contributed by atoms with Crippen molar-refractivity contribution >= 4 is 23.1 Å². The van der Waals surface area contributed by atoms with E-state index in [1.807, 2.05) is 0 Å². The summed E-state index contributed by atoms with van der Waals surface area (Å²) in [6.45, 7) is 5.06. The maximum atomic E-state index is 14.0. The molecule has 0 spiro atoms. The lowest BCUT2D eigenvalue weighted by atomic mass is 10.2. The van der Waals surface area contributed by atoms with Crippen LogP contribution >= 0.6 is 11.6 Å². The molecular formula is C13H13ClF2N2O. The third-order valence-electron chi connectivity index (χ3n) is 2.39. The molecule has 6 heteroatoms. The molecule has 0 saturated carbocycles. The Labute approximate surface area is 114 Å². The number of halogens is 3. The minimum absolute atomic E-state index is 0.105. The number of pyridine rings is 1. The highest BCUT2D eigenvalue weighted by Crippen LogP contribution is 2.27. The molecule has 0 amide bonds. The van der Waals surface area contributed by atoms with E-state index >= 15 is 0 Å². The van der Waals surface area contributed by atoms with Gasteiger partial charge in [-0.2, -0.15) is 0 Å². The van der Waals surface area contributed by atoms with Gasteiger partial charge in [0.05, 0.1) is 5.69 Å². The van der Waals surface area contributed by atoms with Crippen molar-refractivity contribution in [1.82, 2.24) is 4.57 Å². The fourth-order valence-corrected chi connectivity index (χ4v) is 1.76. The molecule has 3 nitrogen and oxygen atoms in total. The maximum absolute atomic E-state index is 14.0. The number of rotatable bonds is 4. The van der Waals surface area contributed by atoms with Gasteiger partial charge in [-0.05, 0) is 19.1 Å². The first kappa shape index (κ1) is 15.2. The van der Waals surface area contributed by atoms with Gasteiger partial charge in [-0.1, -0.05) is 30.3 Å². The zero-order valence-electron chi connectivity index (χ0n) is 10.3. The molecule has 0 bridgehead atoms. The lowest BCUT2D eigenvalue weighted by molar-refractivity contribution is 0.610. The summed E-state index contributed by atoms with van der Waals surface area (Å²) in [5.41, 5.74) is 4.56. The van der Waals surface area contributed by atoms with Crippen LogP contribution in [-0.2, 0) is 6.54 Å². The summed E-state index contributed by atoms with van der Waals surface area (Å²) in [6.07, 6.45) is 3.42. The third kappa shape index (κ3) is 3.12. The normalized spacial score (nSPS) is 12.6. The Bertz CT molecular complexity index is 618. The summed E-state index contributed by atoms with van der Waals surface area (Å²) in [4.78, 5) is 11.7. The molecule has 0 atom stereocenters. The number of nitrogen functional groups attached to an aromatic ring is 1. The van der Waals surface area contributed by atoms with Gasteiger partial charge in [0.15, 0.2) is 11.7 Å². The van der Waals surface area contributed by atoms with Crippen molar-refractivity contribution in [3.05, 3.63) is 57.8 Å². The lowest BCUT2D eigenvalue weighted by Gasteiger charge is -2.12. The summed E-state index contributed by atoms with van der Waals surface area (Å²) < 4.78 is 28.6. The Morgan fingerprint density at radius 3 is 2.74 bits per heavy atom. The highest BCUT2D eigenvalue weighted by Gasteiger charge is 2.17. The van der Waals surface area contributed by atoms with Crippen LogP contribution in [0.25, 0.3) is 5.83 Å². The van der Waals surface area contributed by atoms with Gasteiger partial charge in [0.2, 0.25) is 0 Å². The van der Waals surface area contributed by atoms with Gasteiger partial charge in [-0.15, -0.1) is 0 Å². The molecule has 102 valence electrons. The summed E-state index contributed by atoms with van der Waals surface area (Å²) >= 11 is 5.66. The van der Waals surface area contributed by atoms with E-state index in [1.165, 1.54) is 12.2 Å². The van der Waals surface area contributed by atoms with Crippen LogP contribution in [0.4, 0.5) is 14.5 Å². The van der Waals surface area contributed by atoms with Crippen LogP contribution in [0.5, 0.6) is 0 Å². The van der Waals surface area contributed by atoms with Crippen molar-refractivity contribution in [3.8, 4) is 0 Å². The molecule has 0 aliphatic heterocycles. The predicted octanol–water partition coefficient (Wildman–Crippen LogP) is 3.45. The monoisotopic (exact) mass is 286 g/mol. The van der Waals surface area contributed by atoms with Crippen molar-refractivity contribution in [2.75, 3.05) is 5.73 Å². The number of nitrogens with two attached hydrogens (primary N) is 1. The Morgan fingerprint density at radius 2 is 2.21 bits per heavy atom. The van der Waals surface area contributed by atoms with E-state index in [-0.39, 0.29) is 22.9 Å². The first-order valence-corrected chi connectivity index (χ1v) is 5.85. The Kier molecular flexibility index (Phi) is 5.06. The fourth-order valence-electron chi connectivity index (χ4n) is 1.54. The number of anilines is 1. The molecule has 1 heterocycles. The quantitative estimate of drug-likeness (QED) is 0.862. The van der Waals surface area contributed by atoms with Crippen molar-refractivity contribution in [2.24, 2.45) is 0 Å². The minimum atomic E-state index is -1.22. The van der Waals surface area contributed by atoms with Crippen LogP contribution in [0.15, 0.2) is 41.5 Å². The van der Waals surface area contributed by atoms with Crippen molar-refractivity contribution in [2.45, 2.75) is 13.5 Å². The van der Waals surface area contributed by atoms with Gasteiger partial charge in [0.25, 0.3) is 5.56 Å². The average Bonchev–Trinajstić information content (AvgIpc) is 2.38. The highest BCUT2D eigenvalue weighted by molar-refractivity contribution is 6.30. The topological polar surface area (TPSA) is 48.0 Å². The smallest absolute Gasteiger partial charge is 0.269 e. The first-order chi connectivity index (χ1) is 8.93. The molecule has 1 rings (SSSR count). The van der Waals surface area contributed by atoms with E-state index in [9.17, 15) is 13.6 Å². The molecule has 1 aromatic rings. The van der Waals surface area contributed by atoms with Crippen LogP contribution in [0.2, 0.25) is 5.02 Å². The number of hydrogen-bond acceptors (Lipinski definition) is 2. The van der Waals surface area contributed by atoms with Crippen molar-refractivity contribution in [1.29, 1.82) is 0 Å². The first-order valence-electron chi connectivity index (χ1n) is 5.47. The Balaban J connectivity index is 3.59. The molecule has 0 unspecified atom stereocenters. The second kappa shape index (κ2) is 6.33. The Hall–Kier alpha value is -1.88. The predicted molar refractivity (Wildman–Crippen MR) is 74.3 cm³/mol. The van der Waals surface area contributed by atoms with E-state index in [0.29, 0.717) is 0 Å². The zero-order chi connectivity index (χ0) is 14.6. The second-order valence-electron chi connectivity index (χ2n) is 3.60. The molecule has 0 aliphatic rings. The average molecular weight is 287 g/mol. The van der Waals surface area contributed by atoms with Crippen LogP contribution in [-0.4, -0.2) is 4.57 Å². The minimum Gasteiger partial charge on any atom is -0.397 e. The molecule has 0 aliphatic carbocycles. The van der Waals surface area contributed by atoms with E-state index in [0.717, 1.165) is 16.7 Å². The maximum Gasteiger partial charge on any atom is 0.269 e. The van der Waals surface area contributed by atoms with Gasteiger partial charge < -0.3 is 10.3 Å². The lowest BCUT2D eigenvalue weighted by Crippen LogP contribution is -2.24. The van der Waals surface area contributed by atoms with Gasteiger partial charge in [-0.25, -0.2) is 8.78 Å². The largest absolute Gasteiger partial charge is 0.397 e. The van der Waals surface area contributed by atoms with Crippen LogP contribution in [0.1, 0.15) is 12.6 Å². The summed E-state index contributed by atoms with van der Waals surface area (Å²) in [7, 11) is 0. The van der Waals surface area contributed by atoms with Gasteiger partial charge >= 0.3 is 0 Å².